The number of thiophene rings is 2. The molecule has 0 fully saturated rings. The molecule has 0 aliphatic rings. The molecule has 0 atom stereocenters. The summed E-state index contributed by atoms with van der Waals surface area (Å²) < 4.78 is 1.68. The van der Waals surface area contributed by atoms with Gasteiger partial charge in [-0.15, -0.1) is 34.0 Å². The number of nitrogens with one attached hydrogen (secondary N) is 1. The number of thiazole rings is 1. The fourth-order valence-corrected chi connectivity index (χ4v) is 4.39. The molecule has 0 saturated carbocycles. The molecule has 0 bridgehead atoms. The van der Waals surface area contributed by atoms with Crippen LogP contribution < -0.4 is 5.32 Å². The molecule has 0 radical (unpaired) electrons. The fourth-order valence-electron chi connectivity index (χ4n) is 2.22. The molecule has 1 amide bonds. The zero-order chi connectivity index (χ0) is 16.5. The largest absolute Gasteiger partial charge is 0.306 e. The second-order valence-corrected chi connectivity index (χ2v) is 7.74. The maximum absolute atomic E-state index is 12.3. The Balaban J connectivity index is 1.65. The Kier molecular flexibility index (Phi) is 4.01. The SMILES string of the molecule is Cc1cc(NC(=O)c2cccs2)n(-c2nc(-c3cccs3)cs2)n1. The molecular formula is C16H12N4OS3. The van der Waals surface area contributed by atoms with Crippen molar-refractivity contribution in [2.24, 2.45) is 0 Å². The Morgan fingerprint density at radius 3 is 2.75 bits per heavy atom. The van der Waals surface area contributed by atoms with E-state index in [1.165, 1.54) is 22.7 Å². The van der Waals surface area contributed by atoms with Crippen LogP contribution in [0.4, 0.5) is 5.82 Å². The van der Waals surface area contributed by atoms with Gasteiger partial charge in [0.2, 0.25) is 5.13 Å². The highest BCUT2D eigenvalue weighted by molar-refractivity contribution is 7.15. The van der Waals surface area contributed by atoms with Crippen molar-refractivity contribution >= 4 is 45.7 Å². The van der Waals surface area contributed by atoms with E-state index in [-0.39, 0.29) is 5.91 Å². The Morgan fingerprint density at radius 2 is 2.00 bits per heavy atom. The number of carbonyl (C=O) groups is 1. The van der Waals surface area contributed by atoms with E-state index >= 15 is 0 Å². The molecule has 4 aromatic heterocycles. The Hall–Kier alpha value is -2.29. The number of nitrogens with zero attached hydrogens (tertiary/aromatic N) is 3. The summed E-state index contributed by atoms with van der Waals surface area (Å²) in [7, 11) is 0. The topological polar surface area (TPSA) is 59.8 Å². The van der Waals surface area contributed by atoms with Crippen LogP contribution in [0.1, 0.15) is 15.4 Å². The lowest BCUT2D eigenvalue weighted by Crippen LogP contribution is -2.13. The lowest BCUT2D eigenvalue weighted by Gasteiger charge is -2.05. The first kappa shape index (κ1) is 15.3. The van der Waals surface area contributed by atoms with Gasteiger partial charge in [0.1, 0.15) is 5.82 Å². The number of rotatable bonds is 4. The van der Waals surface area contributed by atoms with E-state index in [1.807, 2.05) is 47.3 Å². The fraction of sp³-hybridized carbons (Fsp3) is 0.0625. The maximum Gasteiger partial charge on any atom is 0.266 e. The van der Waals surface area contributed by atoms with Crippen LogP contribution in [0.25, 0.3) is 15.7 Å². The second-order valence-electron chi connectivity index (χ2n) is 5.01. The van der Waals surface area contributed by atoms with Gasteiger partial charge in [-0.2, -0.15) is 9.78 Å². The van der Waals surface area contributed by atoms with E-state index in [0.717, 1.165) is 21.4 Å². The quantitative estimate of drug-likeness (QED) is 0.566. The predicted molar refractivity (Wildman–Crippen MR) is 99.6 cm³/mol. The molecule has 0 aliphatic heterocycles. The number of aryl methyl sites for hydroxylation is 1. The summed E-state index contributed by atoms with van der Waals surface area (Å²) >= 11 is 4.56. The van der Waals surface area contributed by atoms with Gasteiger partial charge in [-0.25, -0.2) is 4.98 Å². The summed E-state index contributed by atoms with van der Waals surface area (Å²) in [6.07, 6.45) is 0. The molecule has 1 N–H and O–H groups in total. The standard InChI is InChI=1S/C16H12N4OS3/c1-10-8-14(18-15(21)13-5-3-7-23-13)20(19-10)16-17-11(9-24-16)12-4-2-6-22-12/h2-9H,1H3,(H,18,21). The van der Waals surface area contributed by atoms with Gasteiger partial charge < -0.3 is 5.32 Å². The molecule has 8 heteroatoms. The van der Waals surface area contributed by atoms with Gasteiger partial charge in [0.25, 0.3) is 5.91 Å². The normalized spacial score (nSPS) is 10.9. The van der Waals surface area contributed by atoms with Gasteiger partial charge in [0.05, 0.1) is 21.1 Å². The number of aromatic nitrogens is 3. The molecule has 0 spiro atoms. The number of anilines is 1. The number of carbonyl (C=O) groups excluding carboxylic acids is 1. The Labute approximate surface area is 150 Å². The van der Waals surface area contributed by atoms with Crippen LogP contribution in [-0.4, -0.2) is 20.7 Å². The second kappa shape index (κ2) is 6.31. The van der Waals surface area contributed by atoms with Gasteiger partial charge in [0.15, 0.2) is 0 Å². The Morgan fingerprint density at radius 1 is 1.17 bits per heavy atom. The Bertz CT molecular complexity index is 967. The maximum atomic E-state index is 12.3. The van der Waals surface area contributed by atoms with Crippen molar-refractivity contribution in [3.8, 4) is 15.7 Å². The molecule has 5 nitrogen and oxygen atoms in total. The first-order valence-corrected chi connectivity index (χ1v) is 9.76. The molecule has 0 unspecified atom stereocenters. The molecule has 120 valence electrons. The minimum Gasteiger partial charge on any atom is -0.306 e. The van der Waals surface area contributed by atoms with Crippen LogP contribution in [0.2, 0.25) is 0 Å². The summed E-state index contributed by atoms with van der Waals surface area (Å²) in [4.78, 5) is 18.7. The van der Waals surface area contributed by atoms with Crippen molar-refractivity contribution in [3.63, 3.8) is 0 Å². The van der Waals surface area contributed by atoms with E-state index < -0.39 is 0 Å². The first-order chi connectivity index (χ1) is 11.7. The van der Waals surface area contributed by atoms with Gasteiger partial charge >= 0.3 is 0 Å². The van der Waals surface area contributed by atoms with Gasteiger partial charge in [-0.1, -0.05) is 12.1 Å². The summed E-state index contributed by atoms with van der Waals surface area (Å²) in [5.41, 5.74) is 1.75. The van der Waals surface area contributed by atoms with Crippen molar-refractivity contribution in [2.75, 3.05) is 5.32 Å². The summed E-state index contributed by atoms with van der Waals surface area (Å²) in [6, 6.07) is 9.54. The monoisotopic (exact) mass is 372 g/mol. The number of hydrogen-bond donors (Lipinski definition) is 1. The number of hydrogen-bond acceptors (Lipinski definition) is 6. The van der Waals surface area contributed by atoms with Crippen LogP contribution in [0, 0.1) is 6.92 Å². The van der Waals surface area contributed by atoms with Crippen LogP contribution >= 0.6 is 34.0 Å². The molecule has 0 aliphatic carbocycles. The lowest BCUT2D eigenvalue weighted by atomic mass is 10.4. The smallest absolute Gasteiger partial charge is 0.266 e. The summed E-state index contributed by atoms with van der Waals surface area (Å²) in [6.45, 7) is 1.89. The third-order valence-corrected chi connectivity index (χ3v) is 5.84. The molecule has 4 heterocycles. The molecular weight excluding hydrogens is 360 g/mol. The van der Waals surface area contributed by atoms with Crippen LogP contribution in [0.3, 0.4) is 0 Å². The van der Waals surface area contributed by atoms with Crippen molar-refractivity contribution in [2.45, 2.75) is 6.92 Å². The van der Waals surface area contributed by atoms with E-state index in [0.29, 0.717) is 10.7 Å². The zero-order valence-corrected chi connectivity index (χ0v) is 15.0. The molecule has 0 saturated heterocycles. The average molecular weight is 373 g/mol. The third kappa shape index (κ3) is 2.91. The minimum atomic E-state index is -0.138. The molecule has 4 aromatic rings. The van der Waals surface area contributed by atoms with Crippen molar-refractivity contribution in [3.05, 3.63) is 57.0 Å². The van der Waals surface area contributed by atoms with Gasteiger partial charge in [0, 0.05) is 11.4 Å². The summed E-state index contributed by atoms with van der Waals surface area (Å²) in [5.74, 6) is 0.485. The van der Waals surface area contributed by atoms with Gasteiger partial charge in [-0.05, 0) is 29.8 Å². The molecule has 24 heavy (non-hydrogen) atoms. The third-order valence-electron chi connectivity index (χ3n) is 3.26. The lowest BCUT2D eigenvalue weighted by molar-refractivity contribution is 0.103. The van der Waals surface area contributed by atoms with E-state index in [4.69, 9.17) is 0 Å². The van der Waals surface area contributed by atoms with Crippen LogP contribution in [0.15, 0.2) is 46.5 Å². The number of amides is 1. The highest BCUT2D eigenvalue weighted by atomic mass is 32.1. The first-order valence-electron chi connectivity index (χ1n) is 7.12. The molecule has 4 rings (SSSR count). The van der Waals surface area contributed by atoms with Crippen molar-refractivity contribution < 1.29 is 4.79 Å². The highest BCUT2D eigenvalue weighted by Crippen LogP contribution is 2.29. The van der Waals surface area contributed by atoms with Crippen molar-refractivity contribution in [1.82, 2.24) is 14.8 Å². The highest BCUT2D eigenvalue weighted by Gasteiger charge is 2.16. The average Bonchev–Trinajstić information content (AvgIpc) is 3.35. The van der Waals surface area contributed by atoms with Gasteiger partial charge in [-0.3, -0.25) is 4.79 Å². The zero-order valence-electron chi connectivity index (χ0n) is 12.6. The minimum absolute atomic E-state index is 0.138. The van der Waals surface area contributed by atoms with Crippen LogP contribution in [0.5, 0.6) is 0 Å². The summed E-state index contributed by atoms with van der Waals surface area (Å²) in [5, 5.41) is 14.0. The predicted octanol–water partition coefficient (Wildman–Crippen LogP) is 4.68. The van der Waals surface area contributed by atoms with Crippen molar-refractivity contribution in [1.29, 1.82) is 0 Å². The molecule has 0 aromatic carbocycles. The van der Waals surface area contributed by atoms with E-state index in [9.17, 15) is 4.79 Å². The van der Waals surface area contributed by atoms with Crippen LogP contribution in [-0.2, 0) is 0 Å². The van der Waals surface area contributed by atoms with E-state index in [2.05, 4.69) is 15.4 Å². The van der Waals surface area contributed by atoms with E-state index in [1.54, 1.807) is 22.1 Å².